The normalized spacial score (nSPS) is 12.7. The fourth-order valence-corrected chi connectivity index (χ4v) is 1.33. The van der Waals surface area contributed by atoms with Crippen LogP contribution in [0.1, 0.15) is 11.1 Å². The molecule has 0 unspecified atom stereocenters. The van der Waals surface area contributed by atoms with E-state index in [2.05, 4.69) is 20.5 Å². The Labute approximate surface area is 104 Å². The van der Waals surface area contributed by atoms with Crippen molar-refractivity contribution in [1.29, 1.82) is 0 Å². The van der Waals surface area contributed by atoms with Crippen LogP contribution in [0.3, 0.4) is 0 Å². The summed E-state index contributed by atoms with van der Waals surface area (Å²) in [4.78, 5) is 0. The Balaban J connectivity index is 2.51. The van der Waals surface area contributed by atoms with Crippen molar-refractivity contribution in [2.75, 3.05) is 0 Å². The molecular formula is C9H7F3N6O. The van der Waals surface area contributed by atoms with Crippen molar-refractivity contribution < 1.29 is 18.4 Å². The van der Waals surface area contributed by atoms with Gasteiger partial charge in [0, 0.05) is 6.20 Å². The molecule has 0 aliphatic carbocycles. The molecule has 0 spiro atoms. The van der Waals surface area contributed by atoms with Crippen LogP contribution in [0.5, 0.6) is 0 Å². The van der Waals surface area contributed by atoms with Crippen LogP contribution < -0.4 is 5.73 Å². The van der Waals surface area contributed by atoms with E-state index in [0.717, 1.165) is 10.9 Å². The van der Waals surface area contributed by atoms with Gasteiger partial charge in [-0.05, 0) is 6.07 Å². The minimum absolute atomic E-state index is 0.0756. The average Bonchev–Trinajstić information content (AvgIpc) is 2.87. The summed E-state index contributed by atoms with van der Waals surface area (Å²) in [6.07, 6.45) is -1.88. The molecule has 0 bridgehead atoms. The van der Waals surface area contributed by atoms with Gasteiger partial charge in [-0.2, -0.15) is 23.4 Å². The molecule has 0 saturated carbocycles. The van der Waals surface area contributed by atoms with Crippen molar-refractivity contribution in [3.63, 3.8) is 0 Å². The van der Waals surface area contributed by atoms with Crippen molar-refractivity contribution in [3.8, 4) is 5.82 Å². The molecule has 0 aromatic carbocycles. The predicted molar refractivity (Wildman–Crippen MR) is 56.7 cm³/mol. The lowest BCUT2D eigenvalue weighted by Gasteiger charge is -2.05. The maximum Gasteiger partial charge on any atom is 0.419 e. The molecule has 0 saturated heterocycles. The van der Waals surface area contributed by atoms with Crippen LogP contribution >= 0.6 is 0 Å². The molecule has 0 amide bonds. The summed E-state index contributed by atoms with van der Waals surface area (Å²) in [7, 11) is 0. The van der Waals surface area contributed by atoms with E-state index in [1.54, 1.807) is 0 Å². The van der Waals surface area contributed by atoms with Crippen LogP contribution in [-0.4, -0.2) is 31.0 Å². The lowest BCUT2D eigenvalue weighted by Crippen LogP contribution is -2.18. The van der Waals surface area contributed by atoms with E-state index >= 15 is 0 Å². The Morgan fingerprint density at radius 2 is 2.16 bits per heavy atom. The van der Waals surface area contributed by atoms with Gasteiger partial charge in [-0.25, -0.2) is 4.68 Å². The number of amidine groups is 1. The predicted octanol–water partition coefficient (Wildman–Crippen LogP) is 0.776. The van der Waals surface area contributed by atoms with Gasteiger partial charge in [0.15, 0.2) is 11.7 Å². The Kier molecular flexibility index (Phi) is 3.07. The fourth-order valence-electron chi connectivity index (χ4n) is 1.33. The molecule has 0 atom stereocenters. The number of hydrogen-bond donors (Lipinski definition) is 2. The van der Waals surface area contributed by atoms with Crippen LogP contribution in [0, 0.1) is 0 Å². The minimum Gasteiger partial charge on any atom is -0.409 e. The van der Waals surface area contributed by atoms with Crippen LogP contribution in [0.4, 0.5) is 13.2 Å². The standard InChI is InChI=1S/C9H7F3N6O/c10-9(11,12)5-3-15-18(4-5)8-6(7(13)17-19)1-2-14-16-8/h1-4,19H,(H2,13,17). The topological polar surface area (TPSA) is 102 Å². The molecule has 2 heterocycles. The van der Waals surface area contributed by atoms with Crippen molar-refractivity contribution in [2.45, 2.75) is 6.18 Å². The first-order chi connectivity index (χ1) is 8.93. The summed E-state index contributed by atoms with van der Waals surface area (Å²) in [5, 5.41) is 22.0. The quantitative estimate of drug-likeness (QED) is 0.364. The van der Waals surface area contributed by atoms with Gasteiger partial charge in [0.05, 0.1) is 23.5 Å². The van der Waals surface area contributed by atoms with Gasteiger partial charge in [-0.15, -0.1) is 5.10 Å². The highest BCUT2D eigenvalue weighted by Gasteiger charge is 2.32. The monoisotopic (exact) mass is 272 g/mol. The number of aromatic nitrogens is 4. The van der Waals surface area contributed by atoms with Crippen LogP contribution in [0.15, 0.2) is 29.8 Å². The van der Waals surface area contributed by atoms with Crippen molar-refractivity contribution in [3.05, 3.63) is 35.8 Å². The molecule has 7 nitrogen and oxygen atoms in total. The molecule has 2 aromatic rings. The van der Waals surface area contributed by atoms with Crippen LogP contribution in [0.25, 0.3) is 5.82 Å². The Morgan fingerprint density at radius 1 is 1.42 bits per heavy atom. The number of hydrogen-bond acceptors (Lipinski definition) is 5. The van der Waals surface area contributed by atoms with Crippen LogP contribution in [0.2, 0.25) is 0 Å². The van der Waals surface area contributed by atoms with E-state index in [-0.39, 0.29) is 17.2 Å². The first kappa shape index (κ1) is 12.8. The van der Waals surface area contributed by atoms with Crippen molar-refractivity contribution in [2.24, 2.45) is 10.9 Å². The number of alkyl halides is 3. The Hall–Kier alpha value is -2.65. The lowest BCUT2D eigenvalue weighted by atomic mass is 10.2. The van der Waals surface area contributed by atoms with Gasteiger partial charge in [0.2, 0.25) is 0 Å². The maximum absolute atomic E-state index is 12.5. The van der Waals surface area contributed by atoms with E-state index in [1.165, 1.54) is 12.3 Å². The lowest BCUT2D eigenvalue weighted by molar-refractivity contribution is -0.137. The number of halogens is 3. The summed E-state index contributed by atoms with van der Waals surface area (Å²) in [6.45, 7) is 0. The molecule has 2 rings (SSSR count). The molecule has 10 heteroatoms. The van der Waals surface area contributed by atoms with Gasteiger partial charge in [-0.3, -0.25) is 0 Å². The second kappa shape index (κ2) is 4.55. The number of rotatable bonds is 2. The van der Waals surface area contributed by atoms with E-state index in [1.807, 2.05) is 0 Å². The highest BCUT2D eigenvalue weighted by atomic mass is 19.4. The summed E-state index contributed by atoms with van der Waals surface area (Å²) in [5.74, 6) is -0.387. The molecular weight excluding hydrogens is 265 g/mol. The zero-order chi connectivity index (χ0) is 14.0. The molecule has 2 aromatic heterocycles. The zero-order valence-electron chi connectivity index (χ0n) is 9.20. The second-order valence-electron chi connectivity index (χ2n) is 3.43. The summed E-state index contributed by atoms with van der Waals surface area (Å²) in [5.41, 5.74) is 4.56. The molecule has 0 fully saturated rings. The smallest absolute Gasteiger partial charge is 0.409 e. The van der Waals surface area contributed by atoms with Crippen molar-refractivity contribution >= 4 is 5.84 Å². The van der Waals surface area contributed by atoms with E-state index in [0.29, 0.717) is 6.20 Å². The second-order valence-corrected chi connectivity index (χ2v) is 3.43. The van der Waals surface area contributed by atoms with Gasteiger partial charge < -0.3 is 10.9 Å². The fraction of sp³-hybridized carbons (Fsp3) is 0.111. The summed E-state index contributed by atoms with van der Waals surface area (Å²) < 4.78 is 38.2. The largest absolute Gasteiger partial charge is 0.419 e. The number of nitrogens with zero attached hydrogens (tertiary/aromatic N) is 5. The summed E-state index contributed by atoms with van der Waals surface area (Å²) >= 11 is 0. The van der Waals surface area contributed by atoms with E-state index < -0.39 is 11.7 Å². The Bertz CT molecular complexity index is 620. The first-order valence-corrected chi connectivity index (χ1v) is 4.85. The number of oxime groups is 1. The molecule has 3 N–H and O–H groups in total. The Morgan fingerprint density at radius 3 is 2.74 bits per heavy atom. The number of nitrogens with two attached hydrogens (primary N) is 1. The highest BCUT2D eigenvalue weighted by molar-refractivity contribution is 5.99. The van der Waals surface area contributed by atoms with Gasteiger partial charge in [0.1, 0.15) is 0 Å². The molecule has 100 valence electrons. The zero-order valence-corrected chi connectivity index (χ0v) is 9.20. The van der Waals surface area contributed by atoms with Crippen LogP contribution in [-0.2, 0) is 6.18 Å². The SMILES string of the molecule is N/C(=N/O)c1ccnnc1-n1cc(C(F)(F)F)cn1. The molecule has 0 aliphatic heterocycles. The first-order valence-electron chi connectivity index (χ1n) is 4.85. The minimum atomic E-state index is -4.52. The molecule has 0 radical (unpaired) electrons. The third-order valence-electron chi connectivity index (χ3n) is 2.21. The third-order valence-corrected chi connectivity index (χ3v) is 2.21. The van der Waals surface area contributed by atoms with E-state index in [4.69, 9.17) is 10.9 Å². The highest BCUT2D eigenvalue weighted by Crippen LogP contribution is 2.29. The van der Waals surface area contributed by atoms with Gasteiger partial charge >= 0.3 is 6.18 Å². The van der Waals surface area contributed by atoms with Crippen molar-refractivity contribution in [1.82, 2.24) is 20.0 Å². The average molecular weight is 272 g/mol. The molecule has 19 heavy (non-hydrogen) atoms. The third kappa shape index (κ3) is 2.46. The van der Waals surface area contributed by atoms with E-state index in [9.17, 15) is 13.2 Å². The van der Waals surface area contributed by atoms with Gasteiger partial charge in [-0.1, -0.05) is 5.16 Å². The van der Waals surface area contributed by atoms with Gasteiger partial charge in [0.25, 0.3) is 0 Å². The maximum atomic E-state index is 12.5. The summed E-state index contributed by atoms with van der Waals surface area (Å²) in [6, 6.07) is 1.34. The molecule has 0 aliphatic rings.